The summed E-state index contributed by atoms with van der Waals surface area (Å²) in [6, 6.07) is 3.95. The lowest BCUT2D eigenvalue weighted by molar-refractivity contribution is 0.251. The zero-order chi connectivity index (χ0) is 21.7. The number of nitrogens with zero attached hydrogens (tertiary/aromatic N) is 2. The molecule has 0 spiro atoms. The number of H-pyrrole nitrogens is 1. The second-order valence-corrected chi connectivity index (χ2v) is 8.10. The van der Waals surface area contributed by atoms with E-state index < -0.39 is 17.0 Å². The third kappa shape index (κ3) is 3.34. The molecular formula is C21H19ClF2N6O. The Kier molecular flexibility index (Phi) is 4.70. The summed E-state index contributed by atoms with van der Waals surface area (Å²) in [7, 11) is 0. The van der Waals surface area contributed by atoms with Gasteiger partial charge in [0.15, 0.2) is 0 Å². The van der Waals surface area contributed by atoms with E-state index >= 15 is 4.39 Å². The number of urea groups is 1. The van der Waals surface area contributed by atoms with Gasteiger partial charge in [0.25, 0.3) is 0 Å². The van der Waals surface area contributed by atoms with Gasteiger partial charge in [0.1, 0.15) is 30.0 Å². The third-order valence-electron chi connectivity index (χ3n) is 5.72. The molecule has 1 aromatic carbocycles. The Morgan fingerprint density at radius 3 is 2.84 bits per heavy atom. The maximum absolute atomic E-state index is 15.1. The smallest absolute Gasteiger partial charge is 0.322 e. The van der Waals surface area contributed by atoms with Gasteiger partial charge in [0.2, 0.25) is 0 Å². The van der Waals surface area contributed by atoms with E-state index in [4.69, 9.17) is 17.3 Å². The summed E-state index contributed by atoms with van der Waals surface area (Å²) < 4.78 is 28.6. The number of nitrogens with one attached hydrogen (secondary N) is 3. The number of amidine groups is 1. The Bertz CT molecular complexity index is 1170. The first-order valence-electron chi connectivity index (χ1n) is 9.76. The van der Waals surface area contributed by atoms with Crippen LogP contribution < -0.4 is 21.3 Å². The van der Waals surface area contributed by atoms with E-state index in [0.717, 1.165) is 5.57 Å². The van der Waals surface area contributed by atoms with Crippen molar-refractivity contribution < 1.29 is 13.6 Å². The molecule has 0 saturated carbocycles. The molecule has 2 unspecified atom stereocenters. The Labute approximate surface area is 181 Å². The van der Waals surface area contributed by atoms with E-state index in [-0.39, 0.29) is 12.1 Å². The van der Waals surface area contributed by atoms with Gasteiger partial charge in [-0.2, -0.15) is 0 Å². The van der Waals surface area contributed by atoms with Crippen molar-refractivity contribution in [1.29, 1.82) is 0 Å². The number of halogens is 3. The van der Waals surface area contributed by atoms with Gasteiger partial charge in [-0.3, -0.25) is 4.90 Å². The SMILES string of the molecule is NC1=NCNc2[nH]cc(-c3ccc(N4CC(C5=CC=C(F)C(Cl)C5)NC4=O)cc3F)c21. The summed E-state index contributed by atoms with van der Waals surface area (Å²) >= 11 is 5.99. The number of nitrogens with two attached hydrogens (primary N) is 1. The van der Waals surface area contributed by atoms with Gasteiger partial charge in [0.05, 0.1) is 23.5 Å². The van der Waals surface area contributed by atoms with Gasteiger partial charge in [-0.05, 0) is 36.3 Å². The van der Waals surface area contributed by atoms with Crippen LogP contribution in [0.5, 0.6) is 0 Å². The first-order valence-corrected chi connectivity index (χ1v) is 10.2. The fourth-order valence-electron chi connectivity index (χ4n) is 4.11. The van der Waals surface area contributed by atoms with Crippen LogP contribution >= 0.6 is 11.6 Å². The molecule has 2 aliphatic heterocycles. The van der Waals surface area contributed by atoms with Crippen LogP contribution in [0.3, 0.4) is 0 Å². The fraction of sp³-hybridized carbons (Fsp3) is 0.238. The summed E-state index contributed by atoms with van der Waals surface area (Å²) in [6.45, 7) is 0.653. The van der Waals surface area contributed by atoms with Gasteiger partial charge in [0, 0.05) is 23.0 Å². The zero-order valence-electron chi connectivity index (χ0n) is 16.3. The number of benzene rings is 1. The lowest BCUT2D eigenvalue weighted by Crippen LogP contribution is -2.30. The number of aromatic nitrogens is 1. The number of aliphatic imine (C=N–C) groups is 1. The molecule has 0 radical (unpaired) electrons. The van der Waals surface area contributed by atoms with Crippen molar-refractivity contribution >= 4 is 35.0 Å². The van der Waals surface area contributed by atoms with Crippen molar-refractivity contribution in [3.8, 4) is 11.1 Å². The van der Waals surface area contributed by atoms with E-state index in [2.05, 4.69) is 20.6 Å². The minimum Gasteiger partial charge on any atom is -0.383 e. The molecule has 3 heterocycles. The molecule has 10 heteroatoms. The highest BCUT2D eigenvalue weighted by atomic mass is 35.5. The quantitative estimate of drug-likeness (QED) is 0.544. The molecule has 3 aliphatic rings. The molecular weight excluding hydrogens is 426 g/mol. The van der Waals surface area contributed by atoms with Crippen LogP contribution in [0.1, 0.15) is 12.0 Å². The summed E-state index contributed by atoms with van der Waals surface area (Å²) in [4.78, 5) is 21.2. The van der Waals surface area contributed by atoms with Crippen LogP contribution in [0.2, 0.25) is 0 Å². The van der Waals surface area contributed by atoms with Crippen LogP contribution in [-0.2, 0) is 0 Å². The van der Waals surface area contributed by atoms with E-state index in [0.29, 0.717) is 53.7 Å². The normalized spacial score (nSPS) is 22.9. The van der Waals surface area contributed by atoms with Gasteiger partial charge < -0.3 is 21.4 Å². The monoisotopic (exact) mass is 444 g/mol. The molecule has 5 N–H and O–H groups in total. The Hall–Kier alpha value is -3.33. The minimum absolute atomic E-state index is 0.297. The summed E-state index contributed by atoms with van der Waals surface area (Å²) in [5.41, 5.74) is 8.80. The number of amides is 2. The van der Waals surface area contributed by atoms with Gasteiger partial charge in [-0.25, -0.2) is 18.6 Å². The summed E-state index contributed by atoms with van der Waals surface area (Å²) in [5, 5.41) is 5.18. The standard InChI is InChI=1S/C21H19ClF2N6O/c22-14-5-10(1-4-15(14)23)17-8-30(21(31)29-17)11-2-3-12(16(24)6-11)13-7-26-20-18(13)19(25)27-9-28-20/h1-4,6-7,14,17,26,28H,5,8-9H2,(H2,25,27)(H,29,31). The first kappa shape index (κ1) is 19.6. The molecule has 2 atom stereocenters. The highest BCUT2D eigenvalue weighted by Gasteiger charge is 2.34. The van der Waals surface area contributed by atoms with Crippen molar-refractivity contribution in [2.45, 2.75) is 17.8 Å². The van der Waals surface area contributed by atoms with Gasteiger partial charge in [-0.1, -0.05) is 6.08 Å². The van der Waals surface area contributed by atoms with E-state index in [9.17, 15) is 9.18 Å². The van der Waals surface area contributed by atoms with E-state index in [1.807, 2.05) is 0 Å². The number of anilines is 2. The number of fused-ring (bicyclic) bond motifs is 1. The minimum atomic E-state index is -0.736. The van der Waals surface area contributed by atoms with Gasteiger partial charge >= 0.3 is 6.03 Å². The molecule has 2 aromatic rings. The number of carbonyl (C=O) groups is 1. The van der Waals surface area contributed by atoms with E-state index in [1.165, 1.54) is 17.0 Å². The van der Waals surface area contributed by atoms with Crippen molar-refractivity contribution in [3.63, 3.8) is 0 Å². The van der Waals surface area contributed by atoms with Gasteiger partial charge in [-0.15, -0.1) is 11.6 Å². The second kappa shape index (κ2) is 7.42. The van der Waals surface area contributed by atoms with Crippen molar-refractivity contribution in [1.82, 2.24) is 10.3 Å². The maximum Gasteiger partial charge on any atom is 0.322 e. The number of carbonyl (C=O) groups excluding carboxylic acids is 1. The zero-order valence-corrected chi connectivity index (χ0v) is 17.0. The molecule has 2 amide bonds. The molecule has 1 aromatic heterocycles. The molecule has 7 nitrogen and oxygen atoms in total. The first-order chi connectivity index (χ1) is 14.9. The number of alkyl halides is 1. The summed E-state index contributed by atoms with van der Waals surface area (Å²) in [6.07, 6.45) is 4.95. The summed E-state index contributed by atoms with van der Waals surface area (Å²) in [5.74, 6) is 0.143. The number of aromatic amines is 1. The van der Waals surface area contributed by atoms with Crippen molar-refractivity contribution in [2.75, 3.05) is 23.4 Å². The highest BCUT2D eigenvalue weighted by Crippen LogP contribution is 2.35. The number of allylic oxidation sites excluding steroid dienone is 3. The lowest BCUT2D eigenvalue weighted by atomic mass is 9.97. The molecule has 5 rings (SSSR count). The average molecular weight is 445 g/mol. The molecule has 1 aliphatic carbocycles. The molecule has 1 saturated heterocycles. The van der Waals surface area contributed by atoms with Crippen molar-refractivity contribution in [2.24, 2.45) is 10.7 Å². The second-order valence-electron chi connectivity index (χ2n) is 7.57. The Balaban J connectivity index is 1.41. The fourth-order valence-corrected chi connectivity index (χ4v) is 4.36. The van der Waals surface area contributed by atoms with Crippen molar-refractivity contribution in [3.05, 3.63) is 59.3 Å². The Morgan fingerprint density at radius 2 is 2.06 bits per heavy atom. The lowest BCUT2D eigenvalue weighted by Gasteiger charge is -2.20. The molecule has 160 valence electrons. The predicted octanol–water partition coefficient (Wildman–Crippen LogP) is 3.60. The number of rotatable bonds is 3. The molecule has 31 heavy (non-hydrogen) atoms. The highest BCUT2D eigenvalue weighted by molar-refractivity contribution is 6.22. The molecule has 1 fully saturated rings. The Morgan fingerprint density at radius 1 is 1.23 bits per heavy atom. The van der Waals surface area contributed by atoms with Crippen LogP contribution in [0, 0.1) is 5.82 Å². The topological polar surface area (TPSA) is 98.5 Å². The number of hydrogen-bond donors (Lipinski definition) is 4. The van der Waals surface area contributed by atoms with Crippen LogP contribution in [-0.4, -0.2) is 41.5 Å². The predicted molar refractivity (Wildman–Crippen MR) is 117 cm³/mol. The van der Waals surface area contributed by atoms with E-state index in [1.54, 1.807) is 24.4 Å². The largest absolute Gasteiger partial charge is 0.383 e. The third-order valence-corrected chi connectivity index (χ3v) is 6.09. The molecule has 0 bridgehead atoms. The van der Waals surface area contributed by atoms with Crippen LogP contribution in [0.4, 0.5) is 25.1 Å². The average Bonchev–Trinajstić information content (AvgIpc) is 3.35. The number of hydrogen-bond acceptors (Lipinski definition) is 4. The van der Waals surface area contributed by atoms with Crippen LogP contribution in [0.15, 0.2) is 52.9 Å². The maximum atomic E-state index is 15.1. The van der Waals surface area contributed by atoms with Crippen LogP contribution in [0.25, 0.3) is 11.1 Å².